The number of anilines is 1. The number of nitrogens with zero attached hydrogens (tertiary/aromatic N) is 4. The van der Waals surface area contributed by atoms with Crippen molar-refractivity contribution in [2.75, 3.05) is 17.2 Å². The molecule has 3 aromatic rings. The van der Waals surface area contributed by atoms with E-state index in [2.05, 4.69) is 24.0 Å². The summed E-state index contributed by atoms with van der Waals surface area (Å²) in [6, 6.07) is 15.5. The lowest BCUT2D eigenvalue weighted by atomic mass is 10.2. The van der Waals surface area contributed by atoms with E-state index in [1.165, 1.54) is 23.9 Å². The van der Waals surface area contributed by atoms with Gasteiger partial charge in [0.25, 0.3) is 0 Å². The molecule has 8 heteroatoms. The van der Waals surface area contributed by atoms with Crippen LogP contribution in [0, 0.1) is 11.7 Å². The molecule has 0 saturated carbocycles. The van der Waals surface area contributed by atoms with Crippen molar-refractivity contribution in [1.82, 2.24) is 14.8 Å². The van der Waals surface area contributed by atoms with Crippen LogP contribution >= 0.6 is 11.8 Å². The number of carbonyl (C=O) groups is 1. The van der Waals surface area contributed by atoms with Crippen LogP contribution in [0.4, 0.5) is 10.1 Å². The first-order valence-electron chi connectivity index (χ1n) is 10.7. The number of ether oxygens (including phenoxy) is 1. The lowest BCUT2D eigenvalue weighted by Gasteiger charge is -2.21. The molecular formula is C24H29FN4O2S. The van der Waals surface area contributed by atoms with Gasteiger partial charge in [-0.2, -0.15) is 0 Å². The maximum Gasteiger partial charge on any atom is 0.237 e. The third-order valence-electron chi connectivity index (χ3n) is 4.79. The van der Waals surface area contributed by atoms with Crippen molar-refractivity contribution in [3.63, 3.8) is 0 Å². The van der Waals surface area contributed by atoms with Gasteiger partial charge in [-0.15, -0.1) is 10.2 Å². The van der Waals surface area contributed by atoms with E-state index >= 15 is 0 Å². The first-order chi connectivity index (χ1) is 15.4. The molecule has 0 fully saturated rings. The van der Waals surface area contributed by atoms with Crippen LogP contribution in [0.3, 0.4) is 0 Å². The van der Waals surface area contributed by atoms with Gasteiger partial charge in [0.15, 0.2) is 17.1 Å². The van der Waals surface area contributed by atoms with Crippen LogP contribution in [0.25, 0.3) is 0 Å². The second kappa shape index (κ2) is 11.1. The van der Waals surface area contributed by atoms with Gasteiger partial charge in [0.05, 0.1) is 5.75 Å². The quantitative estimate of drug-likeness (QED) is 0.385. The Balaban J connectivity index is 1.74. The van der Waals surface area contributed by atoms with Gasteiger partial charge in [-0.25, -0.2) is 4.39 Å². The molecule has 0 spiro atoms. The number of hydrogen-bond acceptors (Lipinski definition) is 5. The highest BCUT2D eigenvalue weighted by atomic mass is 32.2. The van der Waals surface area contributed by atoms with E-state index in [1.807, 2.05) is 48.7 Å². The Labute approximate surface area is 192 Å². The van der Waals surface area contributed by atoms with Gasteiger partial charge < -0.3 is 14.2 Å². The molecule has 0 N–H and O–H groups in total. The summed E-state index contributed by atoms with van der Waals surface area (Å²) in [4.78, 5) is 14.6. The molecule has 6 nitrogen and oxygen atoms in total. The van der Waals surface area contributed by atoms with E-state index in [0.717, 1.165) is 5.69 Å². The van der Waals surface area contributed by atoms with Crippen LogP contribution in [0.1, 0.15) is 39.6 Å². The number of amides is 1. The summed E-state index contributed by atoms with van der Waals surface area (Å²) in [5.74, 6) is 1.55. The van der Waals surface area contributed by atoms with Crippen LogP contribution in [0.5, 0.6) is 5.75 Å². The fourth-order valence-electron chi connectivity index (χ4n) is 3.33. The number of aromatic nitrogens is 3. The minimum Gasteiger partial charge on any atom is -0.483 e. The average Bonchev–Trinajstić information content (AvgIpc) is 3.17. The predicted molar refractivity (Wildman–Crippen MR) is 125 cm³/mol. The molecule has 32 heavy (non-hydrogen) atoms. The molecule has 1 aromatic heterocycles. The molecule has 3 rings (SSSR count). The van der Waals surface area contributed by atoms with Gasteiger partial charge in [-0.05, 0) is 56.2 Å². The standard InChI is InChI=1S/C24H29FN4O2S/c1-5-28(20-9-7-6-8-10-20)22(30)16-32-24-27-26-23(29(24)15-17(2)3)18(4)31-21-13-11-19(25)12-14-21/h6-14,17-18H,5,15-16H2,1-4H3. The van der Waals surface area contributed by atoms with Gasteiger partial charge >= 0.3 is 0 Å². The average molecular weight is 457 g/mol. The highest BCUT2D eigenvalue weighted by molar-refractivity contribution is 7.99. The first kappa shape index (κ1) is 23.8. The van der Waals surface area contributed by atoms with Crippen molar-refractivity contribution < 1.29 is 13.9 Å². The Hall–Kier alpha value is -2.87. The Bertz CT molecular complexity index is 1010. The summed E-state index contributed by atoms with van der Waals surface area (Å²) < 4.78 is 21.1. The van der Waals surface area contributed by atoms with E-state index in [4.69, 9.17) is 4.74 Å². The summed E-state index contributed by atoms with van der Waals surface area (Å²) in [6.45, 7) is 9.37. The van der Waals surface area contributed by atoms with E-state index in [9.17, 15) is 9.18 Å². The summed E-state index contributed by atoms with van der Waals surface area (Å²) in [5.41, 5.74) is 0.881. The van der Waals surface area contributed by atoms with Crippen LogP contribution in [0.2, 0.25) is 0 Å². The van der Waals surface area contributed by atoms with Crippen molar-refractivity contribution >= 4 is 23.4 Å². The maximum absolute atomic E-state index is 13.2. The topological polar surface area (TPSA) is 60.3 Å². The zero-order valence-electron chi connectivity index (χ0n) is 18.9. The number of thioether (sulfide) groups is 1. The van der Waals surface area contributed by atoms with Crippen molar-refractivity contribution in [2.24, 2.45) is 5.92 Å². The number of rotatable bonds is 10. The second-order valence-electron chi connectivity index (χ2n) is 7.82. The maximum atomic E-state index is 13.2. The van der Waals surface area contributed by atoms with Crippen LogP contribution in [0.15, 0.2) is 59.8 Å². The fraction of sp³-hybridized carbons (Fsp3) is 0.375. The molecule has 170 valence electrons. The number of benzene rings is 2. The van der Waals surface area contributed by atoms with Crippen LogP contribution < -0.4 is 9.64 Å². The zero-order chi connectivity index (χ0) is 23.1. The summed E-state index contributed by atoms with van der Waals surface area (Å²) in [5, 5.41) is 9.37. The van der Waals surface area contributed by atoms with E-state index in [1.54, 1.807) is 17.0 Å². The van der Waals surface area contributed by atoms with Crippen molar-refractivity contribution in [1.29, 1.82) is 0 Å². The summed E-state index contributed by atoms with van der Waals surface area (Å²) >= 11 is 1.38. The first-order valence-corrected chi connectivity index (χ1v) is 11.7. The summed E-state index contributed by atoms with van der Waals surface area (Å²) in [6.07, 6.45) is -0.381. The number of halogens is 1. The van der Waals surface area contributed by atoms with Gasteiger partial charge in [0.1, 0.15) is 11.6 Å². The highest BCUT2D eigenvalue weighted by Crippen LogP contribution is 2.26. The van der Waals surface area contributed by atoms with Gasteiger partial charge in [-0.3, -0.25) is 4.79 Å². The van der Waals surface area contributed by atoms with E-state index in [-0.39, 0.29) is 23.6 Å². The zero-order valence-corrected chi connectivity index (χ0v) is 19.7. The van der Waals surface area contributed by atoms with Crippen molar-refractivity contribution in [3.8, 4) is 5.75 Å². The lowest BCUT2D eigenvalue weighted by molar-refractivity contribution is -0.116. The molecule has 1 atom stereocenters. The smallest absolute Gasteiger partial charge is 0.237 e. The van der Waals surface area contributed by atoms with Gasteiger partial charge in [0.2, 0.25) is 5.91 Å². The Morgan fingerprint density at radius 2 is 1.78 bits per heavy atom. The normalized spacial score (nSPS) is 12.1. The molecule has 0 aliphatic rings. The van der Waals surface area contributed by atoms with Crippen molar-refractivity contribution in [3.05, 3.63) is 66.2 Å². The van der Waals surface area contributed by atoms with Crippen LogP contribution in [-0.4, -0.2) is 33.0 Å². The van der Waals surface area contributed by atoms with Crippen molar-refractivity contribution in [2.45, 2.75) is 45.5 Å². The molecular weight excluding hydrogens is 427 g/mol. The highest BCUT2D eigenvalue weighted by Gasteiger charge is 2.22. The molecule has 0 bridgehead atoms. The third kappa shape index (κ3) is 6.09. The van der Waals surface area contributed by atoms with Crippen LogP contribution in [-0.2, 0) is 11.3 Å². The molecule has 1 amide bonds. The van der Waals surface area contributed by atoms with E-state index < -0.39 is 0 Å². The molecule has 0 saturated heterocycles. The number of hydrogen-bond donors (Lipinski definition) is 0. The molecule has 0 aliphatic carbocycles. The predicted octanol–water partition coefficient (Wildman–Crippen LogP) is 5.36. The SMILES string of the molecule is CCN(C(=O)CSc1nnc(C(C)Oc2ccc(F)cc2)n1CC(C)C)c1ccccc1. The molecule has 0 aliphatic heterocycles. The molecule has 0 radical (unpaired) electrons. The molecule has 1 unspecified atom stereocenters. The third-order valence-corrected chi connectivity index (χ3v) is 5.74. The Morgan fingerprint density at radius 3 is 2.41 bits per heavy atom. The molecule has 1 heterocycles. The van der Waals surface area contributed by atoms with Gasteiger partial charge in [0, 0.05) is 18.8 Å². The Kier molecular flexibility index (Phi) is 8.27. The lowest BCUT2D eigenvalue weighted by Crippen LogP contribution is -2.32. The molecule has 2 aromatic carbocycles. The number of para-hydroxylation sites is 1. The van der Waals surface area contributed by atoms with Gasteiger partial charge in [-0.1, -0.05) is 43.8 Å². The summed E-state index contributed by atoms with van der Waals surface area (Å²) in [7, 11) is 0. The number of carbonyl (C=O) groups excluding carboxylic acids is 1. The largest absolute Gasteiger partial charge is 0.483 e. The fourth-order valence-corrected chi connectivity index (χ4v) is 4.16. The monoisotopic (exact) mass is 456 g/mol. The minimum atomic E-state index is -0.381. The Morgan fingerprint density at radius 1 is 1.09 bits per heavy atom. The minimum absolute atomic E-state index is 0.0138. The second-order valence-corrected chi connectivity index (χ2v) is 8.76. The van der Waals surface area contributed by atoms with E-state index in [0.29, 0.717) is 35.7 Å².